The molecule has 0 fully saturated rings. The Hall–Kier alpha value is -2.88. The largest absolute Gasteiger partial charge is 0.507 e. The Kier molecular flexibility index (Phi) is 6.53. The van der Waals surface area contributed by atoms with E-state index < -0.39 is 11.2 Å². The molecule has 3 N–H and O–H groups in total. The van der Waals surface area contributed by atoms with Crippen LogP contribution in [0.3, 0.4) is 0 Å². The molecule has 3 aromatic rings. The molecule has 154 valence electrons. The van der Waals surface area contributed by atoms with Crippen molar-refractivity contribution in [2.45, 2.75) is 39.2 Å². The van der Waals surface area contributed by atoms with E-state index in [-0.39, 0.29) is 11.4 Å². The first-order valence-corrected chi connectivity index (χ1v) is 10.2. The summed E-state index contributed by atoms with van der Waals surface area (Å²) in [5, 5.41) is 14.1. The van der Waals surface area contributed by atoms with Gasteiger partial charge in [0.1, 0.15) is 5.75 Å². The number of nitrogens with one attached hydrogen (secondary N) is 2. The zero-order chi connectivity index (χ0) is 21.0. The van der Waals surface area contributed by atoms with Crippen LogP contribution in [0.5, 0.6) is 5.75 Å². The lowest BCUT2D eigenvalue weighted by Crippen LogP contribution is -2.29. The molecule has 0 aliphatic heterocycles. The van der Waals surface area contributed by atoms with Gasteiger partial charge in [0.15, 0.2) is 11.2 Å². The minimum atomic E-state index is -0.521. The maximum atomic E-state index is 12.4. The van der Waals surface area contributed by atoms with Gasteiger partial charge in [-0.2, -0.15) is 10.1 Å². The molecule has 0 unspecified atom stereocenters. The third-order valence-corrected chi connectivity index (χ3v) is 5.09. The van der Waals surface area contributed by atoms with Gasteiger partial charge in [0.2, 0.25) is 5.95 Å². The summed E-state index contributed by atoms with van der Waals surface area (Å²) in [5.41, 5.74) is 2.97. The van der Waals surface area contributed by atoms with Crippen molar-refractivity contribution < 1.29 is 5.11 Å². The highest BCUT2D eigenvalue weighted by molar-refractivity contribution is 9.10. The predicted molar refractivity (Wildman–Crippen MR) is 117 cm³/mol. The number of aryl methyl sites for hydroxylation is 2. The maximum absolute atomic E-state index is 12.4. The molecule has 0 saturated carbocycles. The summed E-state index contributed by atoms with van der Waals surface area (Å²) in [6.45, 7) is 2.70. The van der Waals surface area contributed by atoms with Gasteiger partial charge in [-0.15, -0.1) is 0 Å². The van der Waals surface area contributed by atoms with Gasteiger partial charge in [0, 0.05) is 23.6 Å². The molecule has 0 radical (unpaired) electrons. The van der Waals surface area contributed by atoms with E-state index in [1.807, 2.05) is 0 Å². The summed E-state index contributed by atoms with van der Waals surface area (Å²) in [6, 6.07) is 5.01. The molecule has 0 atom stereocenters. The van der Waals surface area contributed by atoms with Gasteiger partial charge in [-0.3, -0.25) is 14.3 Å². The van der Waals surface area contributed by atoms with E-state index in [0.29, 0.717) is 23.6 Å². The number of anilines is 1. The minimum absolute atomic E-state index is 0.0886. The number of hydrogen-bond acceptors (Lipinski definition) is 6. The second-order valence-corrected chi connectivity index (χ2v) is 7.63. The monoisotopic (exact) mass is 462 g/mol. The van der Waals surface area contributed by atoms with Crippen LogP contribution in [0.1, 0.15) is 38.2 Å². The fourth-order valence-electron chi connectivity index (χ4n) is 3.02. The molecule has 3 rings (SSSR count). The molecule has 10 heteroatoms. The third-order valence-electron chi connectivity index (χ3n) is 4.60. The Morgan fingerprint density at radius 3 is 2.86 bits per heavy atom. The number of fused-ring (bicyclic) bond motifs is 1. The Balaban J connectivity index is 1.97. The molecule has 0 saturated heterocycles. The number of hydrazone groups is 1. The van der Waals surface area contributed by atoms with Crippen LogP contribution in [0.25, 0.3) is 11.2 Å². The molecule has 0 spiro atoms. The van der Waals surface area contributed by atoms with Crippen LogP contribution in [0.2, 0.25) is 0 Å². The van der Waals surface area contributed by atoms with Crippen molar-refractivity contribution in [3.8, 4) is 5.75 Å². The highest BCUT2D eigenvalue weighted by Gasteiger charge is 2.16. The smallest absolute Gasteiger partial charge is 0.329 e. The summed E-state index contributed by atoms with van der Waals surface area (Å²) in [5.74, 6) is 0.444. The zero-order valence-electron chi connectivity index (χ0n) is 16.3. The first-order chi connectivity index (χ1) is 13.9. The average molecular weight is 463 g/mol. The van der Waals surface area contributed by atoms with Gasteiger partial charge in [0.25, 0.3) is 5.56 Å². The van der Waals surface area contributed by atoms with E-state index in [1.165, 1.54) is 10.8 Å². The SMILES string of the molecule is CCCCCCn1c(N/N=C\c2cc(Br)ccc2O)nc2c1c(=O)[nH]c(=O)n2C. The lowest BCUT2D eigenvalue weighted by molar-refractivity contribution is 0.474. The number of phenols is 1. The van der Waals surface area contributed by atoms with Crippen LogP contribution < -0.4 is 16.7 Å². The summed E-state index contributed by atoms with van der Waals surface area (Å²) in [7, 11) is 1.56. The molecule has 0 aliphatic rings. The normalized spacial score (nSPS) is 11.6. The van der Waals surface area contributed by atoms with Gasteiger partial charge in [0.05, 0.1) is 6.21 Å². The highest BCUT2D eigenvalue weighted by Crippen LogP contribution is 2.21. The Bertz CT molecular complexity index is 1160. The number of halogens is 1. The molecular weight excluding hydrogens is 440 g/mol. The summed E-state index contributed by atoms with van der Waals surface area (Å²) in [6.07, 6.45) is 5.56. The van der Waals surface area contributed by atoms with Gasteiger partial charge in [-0.1, -0.05) is 42.1 Å². The first-order valence-electron chi connectivity index (χ1n) is 9.39. The van der Waals surface area contributed by atoms with Crippen LogP contribution in [0.15, 0.2) is 37.4 Å². The molecule has 0 aliphatic carbocycles. The van der Waals surface area contributed by atoms with Gasteiger partial charge < -0.3 is 9.67 Å². The number of aromatic nitrogens is 4. The molecule has 29 heavy (non-hydrogen) atoms. The van der Waals surface area contributed by atoms with Crippen LogP contribution in [0, 0.1) is 0 Å². The fourth-order valence-corrected chi connectivity index (χ4v) is 3.40. The van der Waals surface area contributed by atoms with Crippen LogP contribution in [-0.4, -0.2) is 30.4 Å². The second-order valence-electron chi connectivity index (χ2n) is 6.71. The van der Waals surface area contributed by atoms with Crippen LogP contribution in [-0.2, 0) is 13.6 Å². The van der Waals surface area contributed by atoms with E-state index in [9.17, 15) is 14.7 Å². The second kappa shape index (κ2) is 9.08. The van der Waals surface area contributed by atoms with Crippen molar-refractivity contribution in [3.63, 3.8) is 0 Å². The summed E-state index contributed by atoms with van der Waals surface area (Å²) < 4.78 is 3.84. The Labute approximate surface area is 175 Å². The quantitative estimate of drug-likeness (QED) is 0.270. The zero-order valence-corrected chi connectivity index (χ0v) is 17.9. The van der Waals surface area contributed by atoms with E-state index in [0.717, 1.165) is 30.2 Å². The number of H-pyrrole nitrogens is 1. The van der Waals surface area contributed by atoms with Gasteiger partial charge in [-0.25, -0.2) is 10.2 Å². The van der Waals surface area contributed by atoms with Crippen molar-refractivity contribution >= 4 is 39.3 Å². The van der Waals surface area contributed by atoms with E-state index in [1.54, 1.807) is 29.8 Å². The van der Waals surface area contributed by atoms with Gasteiger partial charge in [-0.05, 0) is 24.6 Å². The molecule has 2 heterocycles. The number of aromatic hydroxyl groups is 1. The average Bonchev–Trinajstić information content (AvgIpc) is 3.05. The van der Waals surface area contributed by atoms with Gasteiger partial charge >= 0.3 is 5.69 Å². The number of unbranched alkanes of at least 4 members (excludes halogenated alkanes) is 3. The molecule has 0 bridgehead atoms. The number of nitrogens with zero attached hydrogens (tertiary/aromatic N) is 4. The van der Waals surface area contributed by atoms with Crippen LogP contribution in [0.4, 0.5) is 5.95 Å². The van der Waals surface area contributed by atoms with Crippen LogP contribution >= 0.6 is 15.9 Å². The topological polar surface area (TPSA) is 117 Å². The lowest BCUT2D eigenvalue weighted by Gasteiger charge is -2.08. The van der Waals surface area contributed by atoms with E-state index in [2.05, 4.69) is 43.3 Å². The number of hydrogen-bond donors (Lipinski definition) is 3. The number of imidazole rings is 1. The third kappa shape index (κ3) is 4.58. The molecule has 9 nitrogen and oxygen atoms in total. The highest BCUT2D eigenvalue weighted by atomic mass is 79.9. The standard InChI is InChI=1S/C19H23BrN6O3/c1-3-4-5-6-9-26-15-16(25(2)19(29)23-17(15)28)22-18(26)24-21-11-12-10-13(20)7-8-14(12)27/h7-8,10-11,27H,3-6,9H2,1-2H3,(H,22,24)(H,23,28,29)/b21-11-. The molecule has 1 aromatic carbocycles. The van der Waals surface area contributed by atoms with Crippen molar-refractivity contribution in [1.82, 2.24) is 19.1 Å². The number of aromatic amines is 1. The molecule has 0 amide bonds. The number of rotatable bonds is 8. The first kappa shape index (κ1) is 20.8. The fraction of sp³-hybridized carbons (Fsp3) is 0.368. The maximum Gasteiger partial charge on any atom is 0.329 e. The van der Waals surface area contributed by atoms with Crippen molar-refractivity contribution in [2.24, 2.45) is 12.1 Å². The van der Waals surface area contributed by atoms with E-state index in [4.69, 9.17) is 0 Å². The molecular formula is C19H23BrN6O3. The van der Waals surface area contributed by atoms with Crippen molar-refractivity contribution in [1.29, 1.82) is 0 Å². The summed E-state index contributed by atoms with van der Waals surface area (Å²) >= 11 is 3.35. The number of benzene rings is 1. The Morgan fingerprint density at radius 2 is 2.10 bits per heavy atom. The molecule has 2 aromatic heterocycles. The van der Waals surface area contributed by atoms with E-state index >= 15 is 0 Å². The predicted octanol–water partition coefficient (Wildman–Crippen LogP) is 2.92. The number of phenolic OH excluding ortho intramolecular Hbond substituents is 1. The minimum Gasteiger partial charge on any atom is -0.507 e. The summed E-state index contributed by atoms with van der Waals surface area (Å²) in [4.78, 5) is 31.1. The Morgan fingerprint density at radius 1 is 1.31 bits per heavy atom. The van der Waals surface area contributed by atoms with Crippen molar-refractivity contribution in [3.05, 3.63) is 49.1 Å². The lowest BCUT2D eigenvalue weighted by atomic mass is 10.2. The van der Waals surface area contributed by atoms with Crippen molar-refractivity contribution in [2.75, 3.05) is 5.43 Å².